The zero-order chi connectivity index (χ0) is 18.0. The van der Waals surface area contributed by atoms with Crippen LogP contribution in [0.5, 0.6) is 11.5 Å². The zero-order valence-corrected chi connectivity index (χ0v) is 14.0. The number of nitrogens with zero attached hydrogens (tertiary/aromatic N) is 2. The fourth-order valence-electron chi connectivity index (χ4n) is 3.16. The second kappa shape index (κ2) is 7.08. The Bertz CT molecular complexity index is 776. The summed E-state index contributed by atoms with van der Waals surface area (Å²) in [4.78, 5) is 12.7. The van der Waals surface area contributed by atoms with Gasteiger partial charge in [0.05, 0.1) is 24.9 Å². The molecular formula is C17H19F2N3O3. The van der Waals surface area contributed by atoms with E-state index < -0.39 is 12.5 Å². The summed E-state index contributed by atoms with van der Waals surface area (Å²) in [6.07, 6.45) is 4.31. The van der Waals surface area contributed by atoms with Gasteiger partial charge >= 0.3 is 6.61 Å². The van der Waals surface area contributed by atoms with Gasteiger partial charge in [0.2, 0.25) is 0 Å². The molecule has 0 bridgehead atoms. The molecule has 1 aromatic carbocycles. The SMILES string of the molecule is COc1cccc(C(=O)N[C@@H]2CCCc3c2cnn3C)c1OC(F)F. The van der Waals surface area contributed by atoms with Gasteiger partial charge in [0.25, 0.3) is 5.91 Å². The number of fused-ring (bicyclic) bond motifs is 1. The van der Waals surface area contributed by atoms with Gasteiger partial charge in [-0.3, -0.25) is 9.48 Å². The first-order valence-corrected chi connectivity index (χ1v) is 7.94. The third-order valence-corrected chi connectivity index (χ3v) is 4.33. The number of rotatable bonds is 5. The van der Waals surface area contributed by atoms with Crippen LogP contribution in [0.4, 0.5) is 8.78 Å². The Labute approximate surface area is 143 Å². The van der Waals surface area contributed by atoms with E-state index in [2.05, 4.69) is 15.2 Å². The molecule has 0 fully saturated rings. The molecule has 0 radical (unpaired) electrons. The molecule has 1 aliphatic rings. The van der Waals surface area contributed by atoms with Crippen molar-refractivity contribution in [1.82, 2.24) is 15.1 Å². The molecule has 0 unspecified atom stereocenters. The highest BCUT2D eigenvalue weighted by Crippen LogP contribution is 2.34. The number of hydrogen-bond donors (Lipinski definition) is 1. The molecule has 3 rings (SSSR count). The molecule has 1 aliphatic carbocycles. The third-order valence-electron chi connectivity index (χ3n) is 4.33. The quantitative estimate of drug-likeness (QED) is 0.900. The lowest BCUT2D eigenvalue weighted by molar-refractivity contribution is -0.0515. The number of aromatic nitrogens is 2. The summed E-state index contributed by atoms with van der Waals surface area (Å²) in [5, 5.41) is 7.13. The van der Waals surface area contributed by atoms with Gasteiger partial charge < -0.3 is 14.8 Å². The second-order valence-electron chi connectivity index (χ2n) is 5.80. The van der Waals surface area contributed by atoms with E-state index in [1.165, 1.54) is 19.2 Å². The Balaban J connectivity index is 1.87. The highest BCUT2D eigenvalue weighted by atomic mass is 19.3. The molecule has 1 N–H and O–H groups in total. The van der Waals surface area contributed by atoms with Gasteiger partial charge in [-0.2, -0.15) is 13.9 Å². The van der Waals surface area contributed by atoms with Crippen LogP contribution in [0.2, 0.25) is 0 Å². The monoisotopic (exact) mass is 351 g/mol. The van der Waals surface area contributed by atoms with Crippen molar-refractivity contribution in [2.45, 2.75) is 31.9 Å². The zero-order valence-electron chi connectivity index (χ0n) is 14.0. The minimum Gasteiger partial charge on any atom is -0.493 e. The van der Waals surface area contributed by atoms with Gasteiger partial charge in [-0.25, -0.2) is 0 Å². The number of carbonyl (C=O) groups excluding carboxylic acids is 1. The maximum atomic E-state index is 12.7. The summed E-state index contributed by atoms with van der Waals surface area (Å²) in [6, 6.07) is 4.25. The topological polar surface area (TPSA) is 65.4 Å². The van der Waals surface area contributed by atoms with Crippen molar-refractivity contribution in [3.05, 3.63) is 41.2 Å². The van der Waals surface area contributed by atoms with E-state index in [0.29, 0.717) is 0 Å². The molecule has 6 nitrogen and oxygen atoms in total. The van der Waals surface area contributed by atoms with E-state index in [1.54, 1.807) is 16.9 Å². The van der Waals surface area contributed by atoms with Gasteiger partial charge in [-0.1, -0.05) is 6.07 Å². The smallest absolute Gasteiger partial charge is 0.387 e. The van der Waals surface area contributed by atoms with E-state index in [-0.39, 0.29) is 23.1 Å². The normalized spacial score (nSPS) is 16.4. The Hall–Kier alpha value is -2.64. The van der Waals surface area contributed by atoms with Crippen molar-refractivity contribution in [1.29, 1.82) is 0 Å². The first-order chi connectivity index (χ1) is 12.0. The third kappa shape index (κ3) is 3.42. The number of benzene rings is 1. The molecular weight excluding hydrogens is 332 g/mol. The molecule has 0 saturated carbocycles. The summed E-state index contributed by atoms with van der Waals surface area (Å²) >= 11 is 0. The molecule has 1 heterocycles. The molecule has 1 amide bonds. The van der Waals surface area contributed by atoms with E-state index >= 15 is 0 Å². The molecule has 2 aromatic rings. The first-order valence-electron chi connectivity index (χ1n) is 7.94. The van der Waals surface area contributed by atoms with Crippen LogP contribution in [0.25, 0.3) is 0 Å². The number of nitrogens with one attached hydrogen (secondary N) is 1. The standard InChI is InChI=1S/C17H19F2N3O3/c1-22-13-7-4-6-12(11(13)9-20-22)21-16(23)10-5-3-8-14(24-2)15(10)25-17(18)19/h3,5,8-9,12,17H,4,6-7H2,1-2H3,(H,21,23)/t12-/m1/s1. The molecule has 1 aromatic heterocycles. The summed E-state index contributed by atoms with van der Waals surface area (Å²) in [6.45, 7) is -3.05. The van der Waals surface area contributed by atoms with E-state index in [1.807, 2.05) is 7.05 Å². The molecule has 134 valence electrons. The Kier molecular flexibility index (Phi) is 4.87. The van der Waals surface area contributed by atoms with Crippen molar-refractivity contribution in [3.8, 4) is 11.5 Å². The number of alkyl halides is 2. The van der Waals surface area contributed by atoms with Crippen molar-refractivity contribution in [2.75, 3.05) is 7.11 Å². The van der Waals surface area contributed by atoms with Crippen LogP contribution in [0.1, 0.15) is 40.5 Å². The summed E-state index contributed by atoms with van der Waals surface area (Å²) in [7, 11) is 3.19. The summed E-state index contributed by atoms with van der Waals surface area (Å²) in [5.41, 5.74) is 2.04. The van der Waals surface area contributed by atoms with Gasteiger partial charge in [0.1, 0.15) is 0 Å². The predicted octanol–water partition coefficient (Wildman–Crippen LogP) is 2.84. The highest BCUT2D eigenvalue weighted by molar-refractivity contribution is 5.98. The van der Waals surface area contributed by atoms with Crippen molar-refractivity contribution < 1.29 is 23.0 Å². The van der Waals surface area contributed by atoms with Gasteiger partial charge in [-0.05, 0) is 31.4 Å². The average molecular weight is 351 g/mol. The molecule has 1 atom stereocenters. The van der Waals surface area contributed by atoms with Gasteiger partial charge in [-0.15, -0.1) is 0 Å². The minimum atomic E-state index is -3.05. The second-order valence-corrected chi connectivity index (χ2v) is 5.80. The molecule has 0 aliphatic heterocycles. The molecule has 25 heavy (non-hydrogen) atoms. The van der Waals surface area contributed by atoms with Crippen molar-refractivity contribution in [2.24, 2.45) is 7.05 Å². The number of halogens is 2. The van der Waals surface area contributed by atoms with Crippen LogP contribution >= 0.6 is 0 Å². The lowest BCUT2D eigenvalue weighted by Crippen LogP contribution is -2.31. The van der Waals surface area contributed by atoms with Crippen molar-refractivity contribution in [3.63, 3.8) is 0 Å². The summed E-state index contributed by atoms with van der Waals surface area (Å²) in [5.74, 6) is -0.672. The lowest BCUT2D eigenvalue weighted by atomic mass is 9.92. The van der Waals surface area contributed by atoms with Crippen LogP contribution in [-0.2, 0) is 13.5 Å². The number of aryl methyl sites for hydroxylation is 1. The number of hydrogen-bond acceptors (Lipinski definition) is 4. The molecule has 8 heteroatoms. The van der Waals surface area contributed by atoms with Gasteiger partial charge in [0.15, 0.2) is 11.5 Å². The Morgan fingerprint density at radius 3 is 2.96 bits per heavy atom. The fourth-order valence-corrected chi connectivity index (χ4v) is 3.16. The lowest BCUT2D eigenvalue weighted by Gasteiger charge is -2.24. The van der Waals surface area contributed by atoms with E-state index in [4.69, 9.17) is 4.74 Å². The van der Waals surface area contributed by atoms with E-state index in [9.17, 15) is 13.6 Å². The van der Waals surface area contributed by atoms with Crippen LogP contribution < -0.4 is 14.8 Å². The number of amides is 1. The van der Waals surface area contributed by atoms with Crippen LogP contribution in [0, 0.1) is 0 Å². The predicted molar refractivity (Wildman–Crippen MR) is 86.0 cm³/mol. The Morgan fingerprint density at radius 2 is 2.24 bits per heavy atom. The van der Waals surface area contributed by atoms with Crippen LogP contribution in [0.3, 0.4) is 0 Å². The molecule has 0 saturated heterocycles. The average Bonchev–Trinajstić information content (AvgIpc) is 2.97. The van der Waals surface area contributed by atoms with E-state index in [0.717, 1.165) is 30.5 Å². The fraction of sp³-hybridized carbons (Fsp3) is 0.412. The largest absolute Gasteiger partial charge is 0.493 e. The minimum absolute atomic E-state index is 0.00987. The number of carbonyl (C=O) groups is 1. The van der Waals surface area contributed by atoms with Crippen LogP contribution in [0.15, 0.2) is 24.4 Å². The number of para-hydroxylation sites is 1. The summed E-state index contributed by atoms with van der Waals surface area (Å²) < 4.78 is 36.8. The van der Waals surface area contributed by atoms with Crippen molar-refractivity contribution >= 4 is 5.91 Å². The number of methoxy groups -OCH3 is 1. The molecule has 0 spiro atoms. The van der Waals surface area contributed by atoms with Gasteiger partial charge in [0, 0.05) is 18.3 Å². The highest BCUT2D eigenvalue weighted by Gasteiger charge is 2.27. The maximum absolute atomic E-state index is 12.7. The number of ether oxygens (including phenoxy) is 2. The maximum Gasteiger partial charge on any atom is 0.387 e. The van der Waals surface area contributed by atoms with Crippen LogP contribution in [-0.4, -0.2) is 29.4 Å². The first kappa shape index (κ1) is 17.2. The Morgan fingerprint density at radius 1 is 1.44 bits per heavy atom.